The summed E-state index contributed by atoms with van der Waals surface area (Å²) in [7, 11) is 0. The van der Waals surface area contributed by atoms with Crippen LogP contribution in [0, 0.1) is 5.92 Å². The lowest BCUT2D eigenvalue weighted by Crippen LogP contribution is -2.29. The van der Waals surface area contributed by atoms with E-state index in [2.05, 4.69) is 4.99 Å². The highest BCUT2D eigenvalue weighted by Crippen LogP contribution is 2.26. The van der Waals surface area contributed by atoms with E-state index in [0.29, 0.717) is 17.0 Å². The molecule has 0 saturated carbocycles. The van der Waals surface area contributed by atoms with Gasteiger partial charge in [0.2, 0.25) is 0 Å². The first kappa shape index (κ1) is 22.9. The van der Waals surface area contributed by atoms with Crippen molar-refractivity contribution in [3.05, 3.63) is 95.2 Å². The van der Waals surface area contributed by atoms with Crippen LogP contribution in [-0.2, 0) is 19.1 Å². The summed E-state index contributed by atoms with van der Waals surface area (Å²) < 4.78 is 10.8. The third kappa shape index (κ3) is 6.64. The molecular formula is C27H27NO4. The summed E-state index contributed by atoms with van der Waals surface area (Å²) in [6.07, 6.45) is 7.58. The smallest absolute Gasteiger partial charge is 0.336 e. The summed E-state index contributed by atoms with van der Waals surface area (Å²) >= 11 is 0. The maximum absolute atomic E-state index is 12.6. The molecular weight excluding hydrogens is 402 g/mol. The Morgan fingerprint density at radius 2 is 1.41 bits per heavy atom. The van der Waals surface area contributed by atoms with Crippen molar-refractivity contribution >= 4 is 29.8 Å². The lowest BCUT2D eigenvalue weighted by atomic mass is 9.91. The molecule has 0 fully saturated rings. The molecule has 1 atom stereocenters. The van der Waals surface area contributed by atoms with Crippen LogP contribution in [0.2, 0.25) is 0 Å². The number of esters is 2. The molecule has 1 aliphatic heterocycles. The van der Waals surface area contributed by atoms with Gasteiger partial charge in [-0.25, -0.2) is 4.79 Å². The molecule has 0 saturated heterocycles. The van der Waals surface area contributed by atoms with Gasteiger partial charge in [-0.15, -0.1) is 0 Å². The SMILES string of the molecule is CC1=NC(C)=C(C(=O)OCC=Cc2ccccc2)CC1C(=O)OCC=Cc1ccccc1. The minimum atomic E-state index is -0.591. The van der Waals surface area contributed by atoms with E-state index in [9.17, 15) is 9.59 Å². The van der Waals surface area contributed by atoms with Gasteiger partial charge in [-0.1, -0.05) is 72.8 Å². The van der Waals surface area contributed by atoms with Gasteiger partial charge >= 0.3 is 11.9 Å². The van der Waals surface area contributed by atoms with Crippen LogP contribution in [0.1, 0.15) is 31.4 Å². The zero-order valence-electron chi connectivity index (χ0n) is 18.4. The molecule has 0 spiro atoms. The second kappa shape index (κ2) is 11.6. The third-order valence-electron chi connectivity index (χ3n) is 5.08. The number of hydrogen-bond acceptors (Lipinski definition) is 5. The van der Waals surface area contributed by atoms with Gasteiger partial charge in [0, 0.05) is 11.4 Å². The van der Waals surface area contributed by atoms with Crippen molar-refractivity contribution < 1.29 is 19.1 Å². The Hall–Kier alpha value is -3.73. The molecule has 32 heavy (non-hydrogen) atoms. The molecule has 0 radical (unpaired) electrons. The number of ether oxygens (including phenoxy) is 2. The molecule has 5 heteroatoms. The summed E-state index contributed by atoms with van der Waals surface area (Å²) in [4.78, 5) is 29.6. The van der Waals surface area contributed by atoms with Gasteiger partial charge in [0.05, 0.1) is 11.5 Å². The van der Waals surface area contributed by atoms with Crippen molar-refractivity contribution in [2.45, 2.75) is 20.3 Å². The average Bonchev–Trinajstić information content (AvgIpc) is 2.81. The Bertz CT molecular complexity index is 1050. The Morgan fingerprint density at radius 1 is 0.875 bits per heavy atom. The van der Waals surface area contributed by atoms with Gasteiger partial charge in [0.15, 0.2) is 0 Å². The molecule has 0 aromatic heterocycles. The van der Waals surface area contributed by atoms with E-state index in [1.807, 2.05) is 72.8 Å². The highest BCUT2D eigenvalue weighted by molar-refractivity contribution is 6.05. The monoisotopic (exact) mass is 429 g/mol. The highest BCUT2D eigenvalue weighted by atomic mass is 16.5. The van der Waals surface area contributed by atoms with Gasteiger partial charge in [-0.2, -0.15) is 0 Å². The molecule has 1 unspecified atom stereocenters. The Labute approximate surface area is 188 Å². The largest absolute Gasteiger partial charge is 0.461 e. The maximum atomic E-state index is 12.6. The van der Waals surface area contributed by atoms with Gasteiger partial charge in [0.25, 0.3) is 0 Å². The zero-order chi connectivity index (χ0) is 22.8. The molecule has 164 valence electrons. The van der Waals surface area contributed by atoms with Crippen LogP contribution in [-0.4, -0.2) is 30.9 Å². The molecule has 0 bridgehead atoms. The number of allylic oxidation sites excluding steroid dienone is 1. The molecule has 3 rings (SSSR count). The van der Waals surface area contributed by atoms with E-state index in [-0.39, 0.29) is 19.6 Å². The maximum Gasteiger partial charge on any atom is 0.336 e. The number of aliphatic imine (C=N–C) groups is 1. The molecule has 0 aliphatic carbocycles. The zero-order valence-corrected chi connectivity index (χ0v) is 18.4. The van der Waals surface area contributed by atoms with E-state index in [1.54, 1.807) is 26.0 Å². The molecule has 1 heterocycles. The van der Waals surface area contributed by atoms with Gasteiger partial charge in [-0.05, 0) is 43.5 Å². The predicted octanol–water partition coefficient (Wildman–Crippen LogP) is 5.25. The van der Waals surface area contributed by atoms with Crippen molar-refractivity contribution in [3.63, 3.8) is 0 Å². The van der Waals surface area contributed by atoms with E-state index < -0.39 is 17.9 Å². The number of benzene rings is 2. The summed E-state index contributed by atoms with van der Waals surface area (Å²) in [6, 6.07) is 19.5. The average molecular weight is 430 g/mol. The predicted molar refractivity (Wildman–Crippen MR) is 127 cm³/mol. The Balaban J connectivity index is 1.52. The van der Waals surface area contributed by atoms with Crippen LogP contribution < -0.4 is 0 Å². The van der Waals surface area contributed by atoms with Crippen molar-refractivity contribution in [2.24, 2.45) is 10.9 Å². The molecule has 2 aromatic carbocycles. The minimum Gasteiger partial charge on any atom is -0.461 e. The fraction of sp³-hybridized carbons (Fsp3) is 0.222. The van der Waals surface area contributed by atoms with Crippen LogP contribution in [0.3, 0.4) is 0 Å². The Kier molecular flexibility index (Phi) is 8.32. The van der Waals surface area contributed by atoms with Crippen LogP contribution in [0.4, 0.5) is 0 Å². The third-order valence-corrected chi connectivity index (χ3v) is 5.08. The summed E-state index contributed by atoms with van der Waals surface area (Å²) in [5.41, 5.74) is 3.68. The van der Waals surface area contributed by atoms with Crippen molar-refractivity contribution in [1.82, 2.24) is 0 Å². The molecule has 1 aliphatic rings. The first-order chi connectivity index (χ1) is 15.5. The second-order valence-electron chi connectivity index (χ2n) is 7.43. The lowest BCUT2D eigenvalue weighted by Gasteiger charge is -2.22. The normalized spacial score (nSPS) is 16.3. The fourth-order valence-electron chi connectivity index (χ4n) is 3.33. The van der Waals surface area contributed by atoms with Gasteiger partial charge in [-0.3, -0.25) is 9.79 Å². The van der Waals surface area contributed by atoms with Gasteiger partial charge in [0.1, 0.15) is 13.2 Å². The van der Waals surface area contributed by atoms with Crippen molar-refractivity contribution in [2.75, 3.05) is 13.2 Å². The Morgan fingerprint density at radius 3 is 1.97 bits per heavy atom. The van der Waals surface area contributed by atoms with E-state index in [1.165, 1.54) is 0 Å². The molecule has 2 aromatic rings. The molecule has 0 amide bonds. The van der Waals surface area contributed by atoms with Crippen LogP contribution in [0.5, 0.6) is 0 Å². The second-order valence-corrected chi connectivity index (χ2v) is 7.43. The van der Waals surface area contributed by atoms with Crippen LogP contribution in [0.15, 0.2) is 89.1 Å². The molecule has 0 N–H and O–H groups in total. The topological polar surface area (TPSA) is 65.0 Å². The van der Waals surface area contributed by atoms with E-state index in [4.69, 9.17) is 9.47 Å². The summed E-state index contributed by atoms with van der Waals surface area (Å²) in [5, 5.41) is 0. The van der Waals surface area contributed by atoms with E-state index >= 15 is 0 Å². The lowest BCUT2D eigenvalue weighted by molar-refractivity contribution is -0.145. The summed E-state index contributed by atoms with van der Waals surface area (Å²) in [5.74, 6) is -1.45. The number of carbonyl (C=O) groups is 2. The van der Waals surface area contributed by atoms with Crippen LogP contribution in [0.25, 0.3) is 12.2 Å². The highest BCUT2D eigenvalue weighted by Gasteiger charge is 2.31. The van der Waals surface area contributed by atoms with Crippen molar-refractivity contribution in [1.29, 1.82) is 0 Å². The number of rotatable bonds is 8. The quantitative estimate of drug-likeness (QED) is 0.537. The van der Waals surface area contributed by atoms with Crippen molar-refractivity contribution in [3.8, 4) is 0 Å². The number of nitrogens with zero attached hydrogens (tertiary/aromatic N) is 1. The molecule has 5 nitrogen and oxygen atoms in total. The minimum absolute atomic E-state index is 0.145. The fourth-order valence-corrected chi connectivity index (χ4v) is 3.33. The number of hydrogen-bond donors (Lipinski definition) is 0. The van der Waals surface area contributed by atoms with Gasteiger partial charge < -0.3 is 9.47 Å². The standard InChI is InChI=1S/C27H27NO4/c1-20-24(26(29)31-17-9-15-22-11-5-3-6-12-22)19-25(21(2)28-20)27(30)32-18-10-16-23-13-7-4-8-14-23/h3-16,24H,17-19H2,1-2H3. The number of carbonyl (C=O) groups excluding carboxylic acids is 2. The van der Waals surface area contributed by atoms with Crippen LogP contribution >= 0.6 is 0 Å². The first-order valence-electron chi connectivity index (χ1n) is 10.6. The first-order valence-corrected chi connectivity index (χ1v) is 10.6. The summed E-state index contributed by atoms with van der Waals surface area (Å²) in [6.45, 7) is 3.83. The van der Waals surface area contributed by atoms with E-state index in [0.717, 1.165) is 11.1 Å².